The van der Waals surface area contributed by atoms with Crippen molar-refractivity contribution in [2.24, 2.45) is 11.7 Å². The molecule has 3 heteroatoms. The number of hydrogen-bond donors (Lipinski definition) is 1. The molecule has 0 bridgehead atoms. The zero-order chi connectivity index (χ0) is 11.1. The minimum atomic E-state index is 0.691. The average molecular weight is 226 g/mol. The fourth-order valence-corrected chi connectivity index (χ4v) is 2.42. The van der Waals surface area contributed by atoms with Gasteiger partial charge in [0.15, 0.2) is 0 Å². The van der Waals surface area contributed by atoms with Crippen LogP contribution in [0.25, 0.3) is 0 Å². The van der Waals surface area contributed by atoms with E-state index in [4.69, 9.17) is 5.73 Å². The van der Waals surface area contributed by atoms with Crippen LogP contribution in [0, 0.1) is 5.92 Å². The zero-order valence-corrected chi connectivity index (χ0v) is 10.6. The topological polar surface area (TPSA) is 29.3 Å². The summed E-state index contributed by atoms with van der Waals surface area (Å²) in [6, 6.07) is 4.31. The lowest BCUT2D eigenvalue weighted by Crippen LogP contribution is -2.23. The predicted octanol–water partition coefficient (Wildman–Crippen LogP) is 2.55. The monoisotopic (exact) mass is 226 g/mol. The number of rotatable bonds is 7. The molecule has 15 heavy (non-hydrogen) atoms. The van der Waals surface area contributed by atoms with Crippen molar-refractivity contribution in [3.05, 3.63) is 22.4 Å². The maximum Gasteiger partial charge on any atom is 0.0324 e. The summed E-state index contributed by atoms with van der Waals surface area (Å²) in [4.78, 5) is 3.82. The van der Waals surface area contributed by atoms with Gasteiger partial charge in [0.25, 0.3) is 0 Å². The molecule has 1 unspecified atom stereocenters. The van der Waals surface area contributed by atoms with E-state index in [2.05, 4.69) is 36.4 Å². The second-order valence-electron chi connectivity index (χ2n) is 4.12. The van der Waals surface area contributed by atoms with E-state index in [1.54, 1.807) is 0 Å². The molecule has 0 radical (unpaired) electrons. The van der Waals surface area contributed by atoms with Crippen molar-refractivity contribution in [2.45, 2.75) is 26.3 Å². The number of hydrogen-bond acceptors (Lipinski definition) is 3. The van der Waals surface area contributed by atoms with E-state index in [1.165, 1.54) is 17.7 Å². The van der Waals surface area contributed by atoms with Crippen LogP contribution in [0.15, 0.2) is 17.5 Å². The third kappa shape index (κ3) is 4.78. The van der Waals surface area contributed by atoms with Crippen molar-refractivity contribution >= 4 is 11.3 Å². The highest BCUT2D eigenvalue weighted by atomic mass is 32.1. The Balaban J connectivity index is 2.21. The molecular weight excluding hydrogens is 204 g/mol. The van der Waals surface area contributed by atoms with Crippen LogP contribution in [0.5, 0.6) is 0 Å². The first-order chi connectivity index (χ1) is 7.26. The molecule has 0 saturated heterocycles. The molecule has 1 aromatic heterocycles. The third-order valence-corrected chi connectivity index (χ3v) is 3.70. The molecule has 0 spiro atoms. The van der Waals surface area contributed by atoms with Gasteiger partial charge in [-0.05, 0) is 43.9 Å². The fourth-order valence-electron chi connectivity index (χ4n) is 1.64. The van der Waals surface area contributed by atoms with Gasteiger partial charge in [0.1, 0.15) is 0 Å². The van der Waals surface area contributed by atoms with Crippen molar-refractivity contribution < 1.29 is 0 Å². The van der Waals surface area contributed by atoms with Crippen LogP contribution in [0.1, 0.15) is 24.6 Å². The summed E-state index contributed by atoms with van der Waals surface area (Å²) in [5.74, 6) is 0.691. The first-order valence-corrected chi connectivity index (χ1v) is 6.55. The highest BCUT2D eigenvalue weighted by molar-refractivity contribution is 7.09. The first kappa shape index (κ1) is 12.7. The Kier molecular flexibility index (Phi) is 5.91. The molecule has 0 aliphatic carbocycles. The summed E-state index contributed by atoms with van der Waals surface area (Å²) in [5, 5.41) is 2.14. The molecule has 1 atom stereocenters. The molecule has 2 N–H and O–H groups in total. The molecule has 0 aromatic carbocycles. The Labute approximate surface area is 97.1 Å². The number of nitrogens with zero attached hydrogens (tertiary/aromatic N) is 1. The maximum atomic E-state index is 5.69. The van der Waals surface area contributed by atoms with Crippen molar-refractivity contribution in [1.82, 2.24) is 4.90 Å². The normalized spacial score (nSPS) is 13.3. The molecule has 0 saturated carbocycles. The highest BCUT2D eigenvalue weighted by Gasteiger charge is 2.06. The Bertz CT molecular complexity index is 242. The summed E-state index contributed by atoms with van der Waals surface area (Å²) < 4.78 is 0. The van der Waals surface area contributed by atoms with Crippen molar-refractivity contribution in [3.8, 4) is 0 Å². The fraction of sp³-hybridized carbons (Fsp3) is 0.667. The van der Waals surface area contributed by atoms with Gasteiger partial charge in [-0.25, -0.2) is 0 Å². The van der Waals surface area contributed by atoms with Crippen LogP contribution < -0.4 is 5.73 Å². The minimum absolute atomic E-state index is 0.691. The number of nitrogens with two attached hydrogens (primary N) is 1. The van der Waals surface area contributed by atoms with Gasteiger partial charge in [0.05, 0.1) is 0 Å². The standard InChI is InChI=1S/C12H22N2S/c1-3-11(9-13)6-7-14(2)10-12-5-4-8-15-12/h4-5,8,11H,3,6-7,9-10,13H2,1-2H3. The van der Waals surface area contributed by atoms with E-state index in [9.17, 15) is 0 Å². The lowest BCUT2D eigenvalue weighted by Gasteiger charge is -2.19. The van der Waals surface area contributed by atoms with Crippen molar-refractivity contribution in [2.75, 3.05) is 20.1 Å². The summed E-state index contributed by atoms with van der Waals surface area (Å²) >= 11 is 1.83. The van der Waals surface area contributed by atoms with E-state index in [0.29, 0.717) is 5.92 Å². The molecule has 0 aliphatic heterocycles. The first-order valence-electron chi connectivity index (χ1n) is 5.67. The predicted molar refractivity (Wildman–Crippen MR) is 68.1 cm³/mol. The van der Waals surface area contributed by atoms with Gasteiger partial charge in [-0.15, -0.1) is 11.3 Å². The van der Waals surface area contributed by atoms with Gasteiger partial charge in [-0.1, -0.05) is 19.4 Å². The lowest BCUT2D eigenvalue weighted by molar-refractivity contribution is 0.294. The second-order valence-corrected chi connectivity index (χ2v) is 5.15. The minimum Gasteiger partial charge on any atom is -0.330 e. The van der Waals surface area contributed by atoms with Crippen LogP contribution in [0.2, 0.25) is 0 Å². The van der Waals surface area contributed by atoms with Gasteiger partial charge in [-0.3, -0.25) is 0 Å². The van der Waals surface area contributed by atoms with E-state index in [-0.39, 0.29) is 0 Å². The summed E-state index contributed by atoms with van der Waals surface area (Å²) in [7, 11) is 2.18. The van der Waals surface area contributed by atoms with Gasteiger partial charge >= 0.3 is 0 Å². The average Bonchev–Trinajstić information content (AvgIpc) is 2.72. The largest absolute Gasteiger partial charge is 0.330 e. The third-order valence-electron chi connectivity index (χ3n) is 2.84. The smallest absolute Gasteiger partial charge is 0.0324 e. The van der Waals surface area contributed by atoms with Crippen LogP contribution in [0.4, 0.5) is 0 Å². The van der Waals surface area contributed by atoms with E-state index >= 15 is 0 Å². The van der Waals surface area contributed by atoms with Crippen molar-refractivity contribution in [3.63, 3.8) is 0 Å². The van der Waals surface area contributed by atoms with Gasteiger partial charge in [0, 0.05) is 11.4 Å². The van der Waals surface area contributed by atoms with Crippen LogP contribution >= 0.6 is 11.3 Å². The van der Waals surface area contributed by atoms with Crippen LogP contribution in [-0.4, -0.2) is 25.0 Å². The number of thiophene rings is 1. The Morgan fingerprint density at radius 3 is 2.87 bits per heavy atom. The Morgan fingerprint density at radius 2 is 2.33 bits per heavy atom. The molecule has 1 aromatic rings. The molecule has 1 rings (SSSR count). The van der Waals surface area contributed by atoms with E-state index < -0.39 is 0 Å². The zero-order valence-electron chi connectivity index (χ0n) is 9.78. The molecule has 0 amide bonds. The summed E-state index contributed by atoms with van der Waals surface area (Å²) in [6.07, 6.45) is 2.41. The quantitative estimate of drug-likeness (QED) is 0.774. The second kappa shape index (κ2) is 6.99. The van der Waals surface area contributed by atoms with Gasteiger partial charge in [0.2, 0.25) is 0 Å². The Morgan fingerprint density at radius 1 is 1.53 bits per heavy atom. The SMILES string of the molecule is CCC(CN)CCN(C)Cc1cccs1. The molecule has 0 fully saturated rings. The molecule has 1 heterocycles. The Hall–Kier alpha value is -0.380. The molecule has 0 aliphatic rings. The summed E-state index contributed by atoms with van der Waals surface area (Å²) in [5.41, 5.74) is 5.69. The van der Waals surface area contributed by atoms with E-state index in [0.717, 1.165) is 19.6 Å². The van der Waals surface area contributed by atoms with E-state index in [1.807, 2.05) is 11.3 Å². The molecular formula is C12H22N2S. The van der Waals surface area contributed by atoms with Crippen LogP contribution in [0.3, 0.4) is 0 Å². The summed E-state index contributed by atoms with van der Waals surface area (Å²) in [6.45, 7) is 5.26. The molecule has 2 nitrogen and oxygen atoms in total. The lowest BCUT2D eigenvalue weighted by atomic mass is 10.0. The van der Waals surface area contributed by atoms with Gasteiger partial charge < -0.3 is 10.6 Å². The van der Waals surface area contributed by atoms with Crippen LogP contribution in [-0.2, 0) is 6.54 Å². The van der Waals surface area contributed by atoms with Gasteiger partial charge in [-0.2, -0.15) is 0 Å². The molecule has 86 valence electrons. The highest BCUT2D eigenvalue weighted by Crippen LogP contribution is 2.12. The van der Waals surface area contributed by atoms with Crippen molar-refractivity contribution in [1.29, 1.82) is 0 Å². The maximum absolute atomic E-state index is 5.69.